The molecule has 3 heteroatoms. The van der Waals surface area contributed by atoms with Gasteiger partial charge in [-0.3, -0.25) is 4.79 Å². The highest BCUT2D eigenvalue weighted by Gasteiger charge is 2.16. The number of halogens is 1. The summed E-state index contributed by atoms with van der Waals surface area (Å²) in [6.45, 7) is 8.06. The van der Waals surface area contributed by atoms with Gasteiger partial charge in [0, 0.05) is 18.2 Å². The van der Waals surface area contributed by atoms with E-state index < -0.39 is 0 Å². The Bertz CT molecular complexity index is 167. The number of hydrogen-bond donors (Lipinski definition) is 0. The molecule has 0 N–H and O–H groups in total. The summed E-state index contributed by atoms with van der Waals surface area (Å²) in [5.41, 5.74) is 0. The van der Waals surface area contributed by atoms with Crippen molar-refractivity contribution in [2.24, 2.45) is 0 Å². The molecule has 0 spiro atoms. The van der Waals surface area contributed by atoms with Gasteiger partial charge in [-0.1, -0.05) is 15.9 Å². The summed E-state index contributed by atoms with van der Waals surface area (Å²) in [5, 5.41) is 0. The van der Waals surface area contributed by atoms with E-state index in [1.54, 1.807) is 4.99 Å². The van der Waals surface area contributed by atoms with Crippen LogP contribution in [0.1, 0.15) is 27.7 Å². The van der Waals surface area contributed by atoms with Gasteiger partial charge in [-0.05, 0) is 32.7 Å². The number of carbonyl (C=O) groups excluding carboxylic acids is 1. The van der Waals surface area contributed by atoms with Crippen molar-refractivity contribution in [1.29, 1.82) is 0 Å². The van der Waals surface area contributed by atoms with Crippen molar-refractivity contribution in [3.63, 3.8) is 0 Å². The maximum atomic E-state index is 11.4. The summed E-state index contributed by atoms with van der Waals surface area (Å²) in [4.78, 5) is 14.9. The lowest BCUT2D eigenvalue weighted by molar-refractivity contribution is -0.129. The Balaban J connectivity index is 4.40. The number of nitrogens with zero attached hydrogens (tertiary/aromatic N) is 1. The van der Waals surface area contributed by atoms with Gasteiger partial charge in [0.15, 0.2) is 0 Å². The lowest BCUT2D eigenvalue weighted by atomic mass is 10.2. The highest BCUT2D eigenvalue weighted by atomic mass is 79.9. The standard InChI is InChI=1S/C9H16BrNO/c1-7(2)11(8(3)4)9(12)5-6-10/h5-8H,1-4H3. The Hall–Kier alpha value is -0.310. The van der Waals surface area contributed by atoms with Gasteiger partial charge in [0.2, 0.25) is 5.91 Å². The van der Waals surface area contributed by atoms with Crippen LogP contribution in [-0.2, 0) is 4.79 Å². The molecule has 0 unspecified atom stereocenters. The average Bonchev–Trinajstić information content (AvgIpc) is 1.85. The van der Waals surface area contributed by atoms with Crippen molar-refractivity contribution in [2.75, 3.05) is 0 Å². The topological polar surface area (TPSA) is 20.3 Å². The zero-order valence-corrected chi connectivity index (χ0v) is 9.63. The predicted molar refractivity (Wildman–Crippen MR) is 55.2 cm³/mol. The van der Waals surface area contributed by atoms with Crippen LogP contribution in [0.25, 0.3) is 0 Å². The molecule has 12 heavy (non-hydrogen) atoms. The molecule has 0 fully saturated rings. The molecule has 0 aliphatic carbocycles. The third-order valence-electron chi connectivity index (χ3n) is 1.57. The van der Waals surface area contributed by atoms with Crippen molar-refractivity contribution in [3.8, 4) is 0 Å². The van der Waals surface area contributed by atoms with Crippen molar-refractivity contribution in [1.82, 2.24) is 4.90 Å². The van der Waals surface area contributed by atoms with Gasteiger partial charge in [-0.25, -0.2) is 0 Å². The molecule has 0 aromatic heterocycles. The average molecular weight is 234 g/mol. The molecule has 0 saturated heterocycles. The molecule has 0 bridgehead atoms. The third kappa shape index (κ3) is 3.39. The largest absolute Gasteiger partial charge is 0.334 e. The SMILES string of the molecule is CC(C)N(C(=O)C=CBr)C(C)C. The van der Waals surface area contributed by atoms with Gasteiger partial charge in [0.1, 0.15) is 0 Å². The molecule has 0 aliphatic rings. The second-order valence-electron chi connectivity index (χ2n) is 3.23. The molecular weight excluding hydrogens is 218 g/mol. The molecule has 70 valence electrons. The van der Waals surface area contributed by atoms with Crippen molar-refractivity contribution >= 4 is 21.8 Å². The number of carbonyl (C=O) groups is 1. The summed E-state index contributed by atoms with van der Waals surface area (Å²) in [7, 11) is 0. The van der Waals surface area contributed by atoms with E-state index >= 15 is 0 Å². The smallest absolute Gasteiger partial charge is 0.247 e. The van der Waals surface area contributed by atoms with Crippen LogP contribution in [0, 0.1) is 0 Å². The summed E-state index contributed by atoms with van der Waals surface area (Å²) in [6, 6.07) is 0.502. The van der Waals surface area contributed by atoms with Crippen LogP contribution in [0.4, 0.5) is 0 Å². The molecule has 0 aromatic rings. The number of hydrogen-bond acceptors (Lipinski definition) is 1. The minimum absolute atomic E-state index is 0.0527. The van der Waals surface area contributed by atoms with Crippen molar-refractivity contribution < 1.29 is 4.79 Å². The molecule has 0 aromatic carbocycles. The van der Waals surface area contributed by atoms with Gasteiger partial charge in [-0.2, -0.15) is 0 Å². The Labute approximate surface area is 82.8 Å². The van der Waals surface area contributed by atoms with E-state index in [1.165, 1.54) is 6.08 Å². The maximum absolute atomic E-state index is 11.4. The van der Waals surface area contributed by atoms with Gasteiger partial charge in [0.25, 0.3) is 0 Å². The lowest BCUT2D eigenvalue weighted by Gasteiger charge is -2.29. The summed E-state index contributed by atoms with van der Waals surface area (Å²) in [5.74, 6) is 0.0527. The molecule has 0 heterocycles. The Kier molecular flexibility index (Phi) is 5.22. The minimum Gasteiger partial charge on any atom is -0.334 e. The van der Waals surface area contributed by atoms with Crippen LogP contribution >= 0.6 is 15.9 Å². The summed E-state index contributed by atoms with van der Waals surface area (Å²) < 4.78 is 0. The van der Waals surface area contributed by atoms with Crippen molar-refractivity contribution in [2.45, 2.75) is 39.8 Å². The van der Waals surface area contributed by atoms with Crippen LogP contribution in [-0.4, -0.2) is 22.9 Å². The fourth-order valence-electron chi connectivity index (χ4n) is 1.25. The first kappa shape index (κ1) is 11.7. The van der Waals surface area contributed by atoms with E-state index in [0.717, 1.165) is 0 Å². The fourth-order valence-corrected chi connectivity index (χ4v) is 1.47. The fraction of sp³-hybridized carbons (Fsp3) is 0.667. The molecule has 1 amide bonds. The Morgan fingerprint density at radius 3 is 1.92 bits per heavy atom. The van der Waals surface area contributed by atoms with E-state index in [4.69, 9.17) is 0 Å². The van der Waals surface area contributed by atoms with E-state index in [2.05, 4.69) is 15.9 Å². The summed E-state index contributed by atoms with van der Waals surface area (Å²) in [6.07, 6.45) is 1.53. The van der Waals surface area contributed by atoms with E-state index in [1.807, 2.05) is 32.6 Å². The van der Waals surface area contributed by atoms with E-state index in [9.17, 15) is 4.79 Å². The number of amides is 1. The van der Waals surface area contributed by atoms with Crippen LogP contribution in [0.3, 0.4) is 0 Å². The highest BCUT2D eigenvalue weighted by molar-refractivity contribution is 9.11. The third-order valence-corrected chi connectivity index (χ3v) is 1.84. The van der Waals surface area contributed by atoms with Gasteiger partial charge < -0.3 is 4.90 Å². The monoisotopic (exact) mass is 233 g/mol. The Morgan fingerprint density at radius 1 is 1.25 bits per heavy atom. The first-order chi connectivity index (χ1) is 5.50. The van der Waals surface area contributed by atoms with Crippen molar-refractivity contribution in [3.05, 3.63) is 11.1 Å². The molecule has 2 nitrogen and oxygen atoms in total. The first-order valence-corrected chi connectivity index (χ1v) is 5.01. The normalized spacial score (nSPS) is 11.6. The second-order valence-corrected chi connectivity index (χ2v) is 3.75. The van der Waals surface area contributed by atoms with Gasteiger partial charge in [-0.15, -0.1) is 0 Å². The molecule has 0 radical (unpaired) electrons. The van der Waals surface area contributed by atoms with E-state index in [-0.39, 0.29) is 18.0 Å². The molecular formula is C9H16BrNO. The highest BCUT2D eigenvalue weighted by Crippen LogP contribution is 2.06. The van der Waals surface area contributed by atoms with Crippen LogP contribution in [0.2, 0.25) is 0 Å². The van der Waals surface area contributed by atoms with Gasteiger partial charge in [0.05, 0.1) is 0 Å². The van der Waals surface area contributed by atoms with Crippen LogP contribution < -0.4 is 0 Å². The Morgan fingerprint density at radius 2 is 1.67 bits per heavy atom. The van der Waals surface area contributed by atoms with Crippen LogP contribution in [0.5, 0.6) is 0 Å². The minimum atomic E-state index is 0.0527. The molecule has 0 atom stereocenters. The first-order valence-electron chi connectivity index (χ1n) is 4.09. The van der Waals surface area contributed by atoms with Gasteiger partial charge >= 0.3 is 0 Å². The molecule has 0 aliphatic heterocycles. The maximum Gasteiger partial charge on any atom is 0.247 e. The zero-order chi connectivity index (χ0) is 9.72. The summed E-state index contributed by atoms with van der Waals surface area (Å²) >= 11 is 3.09. The lowest BCUT2D eigenvalue weighted by Crippen LogP contribution is -2.41. The second kappa shape index (κ2) is 5.36. The molecule has 0 rings (SSSR count). The zero-order valence-electron chi connectivity index (χ0n) is 8.04. The van der Waals surface area contributed by atoms with E-state index in [0.29, 0.717) is 0 Å². The van der Waals surface area contributed by atoms with Crippen LogP contribution in [0.15, 0.2) is 11.1 Å². The predicted octanol–water partition coefficient (Wildman–Crippen LogP) is 2.54. The quantitative estimate of drug-likeness (QED) is 0.687. The number of rotatable bonds is 3. The molecule has 0 saturated carbocycles.